The maximum absolute atomic E-state index is 11.6. The van der Waals surface area contributed by atoms with Gasteiger partial charge in [0.15, 0.2) is 0 Å². The van der Waals surface area contributed by atoms with E-state index in [-0.39, 0.29) is 64.1 Å². The van der Waals surface area contributed by atoms with Gasteiger partial charge in [0.05, 0.1) is 48.9 Å². The van der Waals surface area contributed by atoms with E-state index in [1.54, 1.807) is 20.8 Å². The van der Waals surface area contributed by atoms with E-state index in [4.69, 9.17) is 18.9 Å². The Kier molecular flexibility index (Phi) is 12.4. The number of esters is 1. The first-order chi connectivity index (χ1) is 16.0. The van der Waals surface area contributed by atoms with Crippen molar-refractivity contribution in [2.45, 2.75) is 26.4 Å². The number of carbonyl (C=O) groups excluding carboxylic acids is 2. The van der Waals surface area contributed by atoms with Crippen LogP contribution in [0.1, 0.15) is 20.8 Å². The monoisotopic (exact) mass is 486 g/mol. The molecular weight excluding hydrogens is 456 g/mol. The molecule has 0 saturated heterocycles. The van der Waals surface area contributed by atoms with E-state index < -0.39 is 33.0 Å². The molecule has 0 spiro atoms. The number of nitrogens with one attached hydrogen (secondary N) is 2. The first-order valence-electron chi connectivity index (χ1n) is 10.4. The van der Waals surface area contributed by atoms with Gasteiger partial charge in [-0.1, -0.05) is 0 Å². The summed E-state index contributed by atoms with van der Waals surface area (Å²) in [4.78, 5) is 43.5. The molecule has 0 radical (unpaired) electrons. The molecule has 0 atom stereocenters. The number of amides is 1. The van der Waals surface area contributed by atoms with E-state index in [1.807, 2.05) is 0 Å². The number of non-ortho nitro benzene ring substituents is 1. The number of benzene rings is 1. The molecule has 0 aromatic heterocycles. The number of rotatable bonds is 16. The third-order valence-corrected chi connectivity index (χ3v) is 3.78. The lowest BCUT2D eigenvalue weighted by molar-refractivity contribution is -0.393. The Morgan fingerprint density at radius 2 is 1.56 bits per heavy atom. The van der Waals surface area contributed by atoms with Crippen molar-refractivity contribution < 1.29 is 38.4 Å². The summed E-state index contributed by atoms with van der Waals surface area (Å²) in [6.07, 6.45) is 0. The number of carbonyl (C=O) groups is 2. The van der Waals surface area contributed by atoms with Crippen molar-refractivity contribution in [2.24, 2.45) is 0 Å². The van der Waals surface area contributed by atoms with E-state index in [1.165, 1.54) is 12.1 Å². The molecule has 0 bridgehead atoms. The lowest BCUT2D eigenvalue weighted by Crippen LogP contribution is -2.36. The fraction of sp³-hybridized carbons (Fsp3) is 0.600. The van der Waals surface area contributed by atoms with E-state index in [2.05, 4.69) is 10.6 Å². The Balaban J connectivity index is 2.06. The molecule has 14 nitrogen and oxygen atoms in total. The van der Waals surface area contributed by atoms with Crippen LogP contribution >= 0.6 is 0 Å². The van der Waals surface area contributed by atoms with Crippen LogP contribution in [0, 0.1) is 20.2 Å². The van der Waals surface area contributed by atoms with Gasteiger partial charge in [0, 0.05) is 12.6 Å². The van der Waals surface area contributed by atoms with E-state index in [0.29, 0.717) is 0 Å². The number of ether oxygens (including phenoxy) is 4. The molecule has 0 heterocycles. The van der Waals surface area contributed by atoms with Gasteiger partial charge in [-0.3, -0.25) is 29.8 Å². The highest BCUT2D eigenvalue weighted by atomic mass is 16.6. The number of nitro groups is 2. The minimum absolute atomic E-state index is 0.155. The van der Waals surface area contributed by atoms with Crippen molar-refractivity contribution in [1.82, 2.24) is 5.32 Å². The normalized spacial score (nSPS) is 11.0. The van der Waals surface area contributed by atoms with Crippen molar-refractivity contribution in [2.75, 3.05) is 58.0 Å². The molecule has 1 aromatic carbocycles. The summed E-state index contributed by atoms with van der Waals surface area (Å²) in [6, 6.07) is 3.34. The van der Waals surface area contributed by atoms with Crippen LogP contribution in [0.2, 0.25) is 0 Å². The van der Waals surface area contributed by atoms with Crippen LogP contribution < -0.4 is 10.6 Å². The minimum atomic E-state index is -0.702. The summed E-state index contributed by atoms with van der Waals surface area (Å²) in [5.74, 6) is -0.986. The van der Waals surface area contributed by atoms with Crippen molar-refractivity contribution in [3.05, 3.63) is 38.4 Å². The van der Waals surface area contributed by atoms with E-state index >= 15 is 0 Å². The predicted molar refractivity (Wildman–Crippen MR) is 120 cm³/mol. The molecule has 0 unspecified atom stereocenters. The highest BCUT2D eigenvalue weighted by molar-refractivity contribution is 5.82. The minimum Gasteiger partial charge on any atom is -0.459 e. The van der Waals surface area contributed by atoms with Crippen LogP contribution in [-0.2, 0) is 28.5 Å². The van der Waals surface area contributed by atoms with Gasteiger partial charge in [-0.15, -0.1) is 0 Å². The quantitative estimate of drug-likeness (QED) is 0.149. The molecule has 0 aliphatic rings. The topological polar surface area (TPSA) is 181 Å². The second-order valence-corrected chi connectivity index (χ2v) is 7.78. The molecule has 1 amide bonds. The molecule has 2 N–H and O–H groups in total. The maximum atomic E-state index is 11.6. The van der Waals surface area contributed by atoms with Crippen LogP contribution in [0.15, 0.2) is 18.2 Å². The highest BCUT2D eigenvalue weighted by Gasteiger charge is 2.19. The van der Waals surface area contributed by atoms with E-state index in [9.17, 15) is 29.8 Å². The smallest absolute Gasteiger partial charge is 0.325 e. The zero-order chi connectivity index (χ0) is 25.6. The predicted octanol–water partition coefficient (Wildman–Crippen LogP) is 1.42. The summed E-state index contributed by atoms with van der Waals surface area (Å²) in [5, 5.41) is 27.0. The molecule has 0 saturated carbocycles. The van der Waals surface area contributed by atoms with E-state index in [0.717, 1.165) is 6.07 Å². The Labute approximate surface area is 196 Å². The van der Waals surface area contributed by atoms with Crippen molar-refractivity contribution >= 4 is 28.9 Å². The highest BCUT2D eigenvalue weighted by Crippen LogP contribution is 2.28. The van der Waals surface area contributed by atoms with Crippen molar-refractivity contribution in [3.63, 3.8) is 0 Å². The number of nitro benzene ring substituents is 2. The number of nitrogens with zero attached hydrogens (tertiary/aromatic N) is 2. The average molecular weight is 486 g/mol. The Morgan fingerprint density at radius 3 is 2.15 bits per heavy atom. The third kappa shape index (κ3) is 12.6. The van der Waals surface area contributed by atoms with Gasteiger partial charge in [0.2, 0.25) is 5.91 Å². The van der Waals surface area contributed by atoms with Gasteiger partial charge in [0.25, 0.3) is 11.4 Å². The number of hydrogen-bond donors (Lipinski definition) is 2. The summed E-state index contributed by atoms with van der Waals surface area (Å²) in [6.45, 7) is 6.15. The summed E-state index contributed by atoms with van der Waals surface area (Å²) >= 11 is 0. The van der Waals surface area contributed by atoms with Crippen LogP contribution in [-0.4, -0.2) is 80.1 Å². The standard InChI is InChI=1S/C20H30N4O10/c1-20(2,3)34-19(26)13-22-18(25)14-33-11-10-32-9-8-31-7-6-21-16-5-4-15(23(27)28)12-17(16)24(29)30/h4-5,12,21H,6-11,13-14H2,1-3H3,(H,22,25). The van der Waals surface area contributed by atoms with Gasteiger partial charge in [0.1, 0.15) is 24.4 Å². The first-order valence-corrected chi connectivity index (χ1v) is 10.4. The zero-order valence-corrected chi connectivity index (χ0v) is 19.4. The molecular formula is C20H30N4O10. The molecule has 0 aliphatic carbocycles. The molecule has 1 aromatic rings. The van der Waals surface area contributed by atoms with Crippen LogP contribution in [0.5, 0.6) is 0 Å². The SMILES string of the molecule is CC(C)(C)OC(=O)CNC(=O)COCCOCCOCCNc1ccc([N+](=O)[O-])cc1[N+](=O)[O-]. The Hall–Kier alpha value is -3.36. The molecule has 14 heteroatoms. The largest absolute Gasteiger partial charge is 0.459 e. The molecule has 0 aliphatic heterocycles. The first kappa shape index (κ1) is 28.7. The number of hydrogen-bond acceptors (Lipinski definition) is 11. The summed E-state index contributed by atoms with van der Waals surface area (Å²) in [5.41, 5.74) is -1.22. The van der Waals surface area contributed by atoms with Crippen molar-refractivity contribution in [3.8, 4) is 0 Å². The fourth-order valence-electron chi connectivity index (χ4n) is 2.40. The summed E-state index contributed by atoms with van der Waals surface area (Å²) in [7, 11) is 0. The maximum Gasteiger partial charge on any atom is 0.325 e. The molecule has 0 fully saturated rings. The fourth-order valence-corrected chi connectivity index (χ4v) is 2.40. The van der Waals surface area contributed by atoms with Gasteiger partial charge in [-0.2, -0.15) is 0 Å². The van der Waals surface area contributed by atoms with Gasteiger partial charge in [-0.05, 0) is 26.8 Å². The van der Waals surface area contributed by atoms with Gasteiger partial charge in [-0.25, -0.2) is 0 Å². The Morgan fingerprint density at radius 1 is 0.941 bits per heavy atom. The molecule has 190 valence electrons. The second-order valence-electron chi connectivity index (χ2n) is 7.78. The second kappa shape index (κ2) is 14.7. The van der Waals surface area contributed by atoms with Crippen LogP contribution in [0.25, 0.3) is 0 Å². The van der Waals surface area contributed by atoms with Crippen LogP contribution in [0.4, 0.5) is 17.1 Å². The zero-order valence-electron chi connectivity index (χ0n) is 19.4. The lowest BCUT2D eigenvalue weighted by atomic mass is 10.2. The van der Waals surface area contributed by atoms with Crippen LogP contribution in [0.3, 0.4) is 0 Å². The van der Waals surface area contributed by atoms with Crippen molar-refractivity contribution in [1.29, 1.82) is 0 Å². The van der Waals surface area contributed by atoms with Gasteiger partial charge >= 0.3 is 5.97 Å². The van der Waals surface area contributed by atoms with Gasteiger partial charge < -0.3 is 29.6 Å². The summed E-state index contributed by atoms with van der Waals surface area (Å²) < 4.78 is 20.8. The molecule has 1 rings (SSSR count). The third-order valence-electron chi connectivity index (χ3n) is 3.78. The number of anilines is 1. The average Bonchev–Trinajstić information content (AvgIpc) is 2.74. The molecule has 34 heavy (non-hydrogen) atoms. The Bertz CT molecular complexity index is 841. The lowest BCUT2D eigenvalue weighted by Gasteiger charge is -2.19.